The first kappa shape index (κ1) is 12.6. The molecule has 5 nitrogen and oxygen atoms in total. The number of hydrogen-bond donors (Lipinski definition) is 2. The molecule has 3 N–H and O–H groups in total. The fraction of sp³-hybridized carbons (Fsp3) is 0.300. The number of halogens is 1. The Hall–Kier alpha value is -1.46. The highest BCUT2D eigenvalue weighted by molar-refractivity contribution is 5.94. The van der Waals surface area contributed by atoms with Gasteiger partial charge in [-0.25, -0.2) is 0 Å². The fourth-order valence-corrected chi connectivity index (χ4v) is 1.23. The lowest BCUT2D eigenvalue weighted by molar-refractivity contribution is -0.117. The molecule has 1 aromatic rings. The molecule has 0 spiro atoms. The number of rotatable bonds is 2. The minimum atomic E-state index is -0.532. The van der Waals surface area contributed by atoms with E-state index < -0.39 is 6.04 Å². The van der Waals surface area contributed by atoms with Crippen molar-refractivity contribution >= 4 is 24.0 Å². The molecule has 2 rings (SSSR count). The first-order chi connectivity index (χ1) is 7.16. The SMILES string of the molecule is C[C@H](N)C(=O)Nc1ccc2c(c1)OCO2.Cl. The molecule has 0 bridgehead atoms. The summed E-state index contributed by atoms with van der Waals surface area (Å²) in [6.07, 6.45) is 0. The van der Waals surface area contributed by atoms with Crippen molar-refractivity contribution in [3.63, 3.8) is 0 Å². The largest absolute Gasteiger partial charge is 0.454 e. The summed E-state index contributed by atoms with van der Waals surface area (Å²) < 4.78 is 10.3. The summed E-state index contributed by atoms with van der Waals surface area (Å²) in [6, 6.07) is 4.67. The average Bonchev–Trinajstić information content (AvgIpc) is 2.64. The van der Waals surface area contributed by atoms with E-state index in [4.69, 9.17) is 15.2 Å². The van der Waals surface area contributed by atoms with Gasteiger partial charge in [-0.2, -0.15) is 0 Å². The second-order valence-corrected chi connectivity index (χ2v) is 3.35. The van der Waals surface area contributed by atoms with Crippen molar-refractivity contribution in [2.75, 3.05) is 12.1 Å². The number of nitrogens with one attached hydrogen (secondary N) is 1. The van der Waals surface area contributed by atoms with Crippen molar-refractivity contribution < 1.29 is 14.3 Å². The summed E-state index contributed by atoms with van der Waals surface area (Å²) in [5.41, 5.74) is 6.08. The van der Waals surface area contributed by atoms with E-state index in [0.717, 1.165) is 0 Å². The molecule has 0 fully saturated rings. The number of benzene rings is 1. The zero-order valence-electron chi connectivity index (χ0n) is 8.73. The Balaban J connectivity index is 0.00000128. The van der Waals surface area contributed by atoms with Gasteiger partial charge in [0.2, 0.25) is 12.7 Å². The predicted octanol–water partition coefficient (Wildman–Crippen LogP) is 1.12. The Labute approximate surface area is 99.3 Å². The maximum atomic E-state index is 11.3. The van der Waals surface area contributed by atoms with Crippen LogP contribution in [0.5, 0.6) is 11.5 Å². The van der Waals surface area contributed by atoms with Crippen LogP contribution >= 0.6 is 12.4 Å². The van der Waals surface area contributed by atoms with Gasteiger partial charge in [0.15, 0.2) is 11.5 Å². The van der Waals surface area contributed by atoms with E-state index in [1.165, 1.54) is 0 Å². The molecule has 1 aliphatic heterocycles. The van der Waals surface area contributed by atoms with Crippen molar-refractivity contribution in [1.29, 1.82) is 0 Å². The number of carbonyl (C=O) groups is 1. The maximum Gasteiger partial charge on any atom is 0.241 e. The van der Waals surface area contributed by atoms with Crippen LogP contribution in [-0.2, 0) is 4.79 Å². The summed E-state index contributed by atoms with van der Waals surface area (Å²) in [6.45, 7) is 1.85. The highest BCUT2D eigenvalue weighted by Gasteiger charge is 2.14. The van der Waals surface area contributed by atoms with Gasteiger partial charge in [-0.15, -0.1) is 12.4 Å². The topological polar surface area (TPSA) is 73.6 Å². The maximum absolute atomic E-state index is 11.3. The molecular formula is C10H13ClN2O3. The lowest BCUT2D eigenvalue weighted by Gasteiger charge is -2.07. The Morgan fingerprint density at radius 3 is 2.81 bits per heavy atom. The molecule has 1 amide bonds. The highest BCUT2D eigenvalue weighted by atomic mass is 35.5. The molecule has 1 heterocycles. The summed E-state index contributed by atoms with van der Waals surface area (Å²) in [5, 5.41) is 2.67. The van der Waals surface area contributed by atoms with E-state index >= 15 is 0 Å². The number of amides is 1. The Kier molecular flexibility index (Phi) is 3.98. The van der Waals surface area contributed by atoms with Crippen molar-refractivity contribution in [2.24, 2.45) is 5.73 Å². The van der Waals surface area contributed by atoms with Crippen LogP contribution in [0.3, 0.4) is 0 Å². The summed E-state index contributed by atoms with van der Waals surface area (Å²) in [7, 11) is 0. The summed E-state index contributed by atoms with van der Waals surface area (Å²) in [5.74, 6) is 1.10. The fourth-order valence-electron chi connectivity index (χ4n) is 1.23. The van der Waals surface area contributed by atoms with Crippen molar-refractivity contribution in [2.45, 2.75) is 13.0 Å². The van der Waals surface area contributed by atoms with Gasteiger partial charge >= 0.3 is 0 Å². The van der Waals surface area contributed by atoms with Crippen LogP contribution in [0.4, 0.5) is 5.69 Å². The number of anilines is 1. The molecule has 0 unspecified atom stereocenters. The van der Waals surface area contributed by atoms with E-state index in [9.17, 15) is 4.79 Å². The Bertz CT molecular complexity index is 396. The van der Waals surface area contributed by atoms with E-state index in [0.29, 0.717) is 17.2 Å². The van der Waals surface area contributed by atoms with Crippen LogP contribution in [0.1, 0.15) is 6.92 Å². The third-order valence-electron chi connectivity index (χ3n) is 2.05. The second kappa shape index (κ2) is 5.05. The Morgan fingerprint density at radius 2 is 2.12 bits per heavy atom. The van der Waals surface area contributed by atoms with Crippen LogP contribution in [0, 0.1) is 0 Å². The molecule has 1 aliphatic rings. The number of hydrogen-bond acceptors (Lipinski definition) is 4. The van der Waals surface area contributed by atoms with Gasteiger partial charge < -0.3 is 20.5 Å². The molecule has 0 aromatic heterocycles. The van der Waals surface area contributed by atoms with Gasteiger partial charge in [0.25, 0.3) is 0 Å². The molecule has 0 saturated heterocycles. The summed E-state index contributed by atoms with van der Waals surface area (Å²) in [4.78, 5) is 11.3. The Morgan fingerprint density at radius 1 is 1.44 bits per heavy atom. The lowest BCUT2D eigenvalue weighted by atomic mass is 10.2. The first-order valence-corrected chi connectivity index (χ1v) is 4.63. The first-order valence-electron chi connectivity index (χ1n) is 4.63. The third-order valence-corrected chi connectivity index (χ3v) is 2.05. The smallest absolute Gasteiger partial charge is 0.241 e. The highest BCUT2D eigenvalue weighted by Crippen LogP contribution is 2.34. The van der Waals surface area contributed by atoms with Gasteiger partial charge in [0, 0.05) is 11.8 Å². The number of nitrogens with two attached hydrogens (primary N) is 1. The van der Waals surface area contributed by atoms with E-state index in [2.05, 4.69) is 5.32 Å². The zero-order chi connectivity index (χ0) is 10.8. The molecule has 88 valence electrons. The van der Waals surface area contributed by atoms with Crippen molar-refractivity contribution in [3.8, 4) is 11.5 Å². The minimum Gasteiger partial charge on any atom is -0.454 e. The molecular weight excluding hydrogens is 232 g/mol. The lowest BCUT2D eigenvalue weighted by Crippen LogP contribution is -2.32. The monoisotopic (exact) mass is 244 g/mol. The number of fused-ring (bicyclic) bond motifs is 1. The van der Waals surface area contributed by atoms with Gasteiger partial charge in [0.05, 0.1) is 6.04 Å². The predicted molar refractivity (Wildman–Crippen MR) is 62.1 cm³/mol. The van der Waals surface area contributed by atoms with Gasteiger partial charge in [-0.3, -0.25) is 4.79 Å². The zero-order valence-corrected chi connectivity index (χ0v) is 9.54. The number of ether oxygens (including phenoxy) is 2. The quantitative estimate of drug-likeness (QED) is 0.818. The van der Waals surface area contributed by atoms with E-state index in [1.54, 1.807) is 25.1 Å². The standard InChI is InChI=1S/C10H12N2O3.ClH/c1-6(11)10(13)12-7-2-3-8-9(4-7)15-5-14-8;/h2-4,6H,5,11H2,1H3,(H,12,13);1H/t6-;/m0./s1. The van der Waals surface area contributed by atoms with Crippen LogP contribution in [0.2, 0.25) is 0 Å². The molecule has 16 heavy (non-hydrogen) atoms. The molecule has 0 saturated carbocycles. The molecule has 6 heteroatoms. The van der Waals surface area contributed by atoms with Crippen LogP contribution in [-0.4, -0.2) is 18.7 Å². The van der Waals surface area contributed by atoms with Crippen LogP contribution in [0.25, 0.3) is 0 Å². The van der Waals surface area contributed by atoms with E-state index in [-0.39, 0.29) is 25.1 Å². The average molecular weight is 245 g/mol. The second-order valence-electron chi connectivity index (χ2n) is 3.35. The van der Waals surface area contributed by atoms with Gasteiger partial charge in [0.1, 0.15) is 0 Å². The molecule has 0 radical (unpaired) electrons. The minimum absolute atomic E-state index is 0. The molecule has 1 aromatic carbocycles. The van der Waals surface area contributed by atoms with Crippen molar-refractivity contribution in [3.05, 3.63) is 18.2 Å². The normalized spacial score (nSPS) is 13.9. The molecule has 1 atom stereocenters. The van der Waals surface area contributed by atoms with Gasteiger partial charge in [-0.05, 0) is 19.1 Å². The number of carbonyl (C=O) groups excluding carboxylic acids is 1. The van der Waals surface area contributed by atoms with Crippen LogP contribution in [0.15, 0.2) is 18.2 Å². The summed E-state index contributed by atoms with van der Waals surface area (Å²) >= 11 is 0. The van der Waals surface area contributed by atoms with Crippen molar-refractivity contribution in [1.82, 2.24) is 0 Å². The van der Waals surface area contributed by atoms with Crippen LogP contribution < -0.4 is 20.5 Å². The van der Waals surface area contributed by atoms with E-state index in [1.807, 2.05) is 0 Å². The molecule has 0 aliphatic carbocycles. The third kappa shape index (κ3) is 2.56. The van der Waals surface area contributed by atoms with Gasteiger partial charge in [-0.1, -0.05) is 0 Å².